The van der Waals surface area contributed by atoms with Gasteiger partial charge in [-0.05, 0) is 81.2 Å². The number of carbonyl (C=O) groups is 3. The van der Waals surface area contributed by atoms with Crippen LogP contribution >= 0.6 is 11.8 Å². The summed E-state index contributed by atoms with van der Waals surface area (Å²) in [7, 11) is 1.71. The highest BCUT2D eigenvalue weighted by atomic mass is 32.2. The summed E-state index contributed by atoms with van der Waals surface area (Å²) in [5, 5.41) is 5.75. The second-order valence-electron chi connectivity index (χ2n) is 9.29. The van der Waals surface area contributed by atoms with E-state index in [4.69, 9.17) is 5.73 Å². The fourth-order valence-electron chi connectivity index (χ4n) is 5.58. The van der Waals surface area contributed by atoms with Gasteiger partial charge in [-0.25, -0.2) is 0 Å². The third kappa shape index (κ3) is 4.53. The second-order valence-corrected chi connectivity index (χ2v) is 10.6. The van der Waals surface area contributed by atoms with Gasteiger partial charge in [-0.2, -0.15) is 0 Å². The molecule has 2 aliphatic heterocycles. The molecule has 4 N–H and O–H groups in total. The molecule has 6 atom stereocenters. The lowest BCUT2D eigenvalue weighted by atomic mass is 9.70. The number of thioether (sulfide) groups is 1. The molecule has 0 bridgehead atoms. The van der Waals surface area contributed by atoms with Crippen molar-refractivity contribution in [1.29, 1.82) is 0 Å². The number of benzene rings is 1. The fourth-order valence-corrected chi connectivity index (χ4v) is 6.92. The smallest absolute Gasteiger partial charge is 0.246 e. The molecule has 8 heteroatoms. The molecule has 0 saturated carbocycles. The summed E-state index contributed by atoms with van der Waals surface area (Å²) in [5.74, 6) is 0.333. The molecule has 3 aliphatic rings. The van der Waals surface area contributed by atoms with Crippen LogP contribution in [0.4, 0.5) is 0 Å². The standard InChI is InChI=1S/C24H34N4O3S/c1-14(26-2)23(30)27-19-11-12-32-20-10-9-18(21(22(25)29)28(20)24(19)31)17-8-7-15-5-3-4-6-16(15)13-17/h3-6,14,17-21,26H,7-13H2,1-2H3,(H2,25,29)(H,27,30)/t14-,17?,18?,19-,20-,21?/m0/s1. The van der Waals surface area contributed by atoms with Gasteiger partial charge in [0.1, 0.15) is 12.1 Å². The summed E-state index contributed by atoms with van der Waals surface area (Å²) in [4.78, 5) is 40.6. The first-order valence-electron chi connectivity index (χ1n) is 11.7. The van der Waals surface area contributed by atoms with E-state index in [0.29, 0.717) is 12.3 Å². The molecule has 7 nitrogen and oxygen atoms in total. The number of nitrogens with one attached hydrogen (secondary N) is 2. The number of hydrogen-bond donors (Lipinski definition) is 3. The number of fused-ring (bicyclic) bond motifs is 2. The Morgan fingerprint density at radius 1 is 1.16 bits per heavy atom. The van der Waals surface area contributed by atoms with E-state index < -0.39 is 24.0 Å². The van der Waals surface area contributed by atoms with Crippen LogP contribution in [0.5, 0.6) is 0 Å². The van der Waals surface area contributed by atoms with Gasteiger partial charge in [-0.3, -0.25) is 14.4 Å². The Morgan fingerprint density at radius 3 is 2.62 bits per heavy atom. The van der Waals surface area contributed by atoms with Crippen molar-refractivity contribution in [3.05, 3.63) is 35.4 Å². The van der Waals surface area contributed by atoms with Crippen LogP contribution in [0, 0.1) is 11.8 Å². The van der Waals surface area contributed by atoms with E-state index in [1.54, 1.807) is 30.6 Å². The van der Waals surface area contributed by atoms with Crippen LogP contribution < -0.4 is 16.4 Å². The van der Waals surface area contributed by atoms with Gasteiger partial charge >= 0.3 is 0 Å². The Labute approximate surface area is 194 Å². The second kappa shape index (κ2) is 9.83. The van der Waals surface area contributed by atoms with Gasteiger partial charge in [0.05, 0.1) is 11.4 Å². The summed E-state index contributed by atoms with van der Waals surface area (Å²) in [6.07, 6.45) is 5.24. The van der Waals surface area contributed by atoms with Crippen molar-refractivity contribution in [3.63, 3.8) is 0 Å². The summed E-state index contributed by atoms with van der Waals surface area (Å²) < 4.78 is 0. The Balaban J connectivity index is 1.57. The highest BCUT2D eigenvalue weighted by Gasteiger charge is 2.49. The van der Waals surface area contributed by atoms with Crippen molar-refractivity contribution < 1.29 is 14.4 Å². The number of nitrogens with two attached hydrogens (primary N) is 1. The fraction of sp³-hybridized carbons (Fsp3) is 0.625. The molecule has 3 amide bonds. The van der Waals surface area contributed by atoms with Crippen molar-refractivity contribution >= 4 is 29.5 Å². The van der Waals surface area contributed by atoms with E-state index in [-0.39, 0.29) is 23.1 Å². The van der Waals surface area contributed by atoms with Crippen LogP contribution in [0.3, 0.4) is 0 Å². The average molecular weight is 459 g/mol. The van der Waals surface area contributed by atoms with Gasteiger partial charge in [0.15, 0.2) is 0 Å². The Kier molecular flexibility index (Phi) is 7.10. The summed E-state index contributed by atoms with van der Waals surface area (Å²) in [6.45, 7) is 1.76. The number of amides is 3. The number of hydrogen-bond acceptors (Lipinski definition) is 5. The minimum Gasteiger partial charge on any atom is -0.368 e. The van der Waals surface area contributed by atoms with Crippen molar-refractivity contribution in [1.82, 2.24) is 15.5 Å². The van der Waals surface area contributed by atoms with Crippen LogP contribution in [0.15, 0.2) is 24.3 Å². The number of aryl methyl sites for hydroxylation is 1. The quantitative estimate of drug-likeness (QED) is 0.619. The first-order valence-corrected chi connectivity index (χ1v) is 12.7. The van der Waals surface area contributed by atoms with Crippen LogP contribution in [-0.4, -0.2) is 58.9 Å². The number of nitrogens with zero attached hydrogens (tertiary/aromatic N) is 1. The predicted octanol–water partition coefficient (Wildman–Crippen LogP) is 1.44. The molecule has 0 radical (unpaired) electrons. The van der Waals surface area contributed by atoms with Crippen molar-refractivity contribution in [2.75, 3.05) is 12.8 Å². The van der Waals surface area contributed by atoms with Crippen molar-refractivity contribution in [2.24, 2.45) is 17.6 Å². The third-order valence-corrected chi connectivity index (χ3v) is 8.78. The first-order chi connectivity index (χ1) is 15.4. The summed E-state index contributed by atoms with van der Waals surface area (Å²) in [6, 6.07) is 6.87. The first kappa shape index (κ1) is 23.1. The molecule has 2 heterocycles. The lowest BCUT2D eigenvalue weighted by Gasteiger charge is -2.47. The maximum atomic E-state index is 13.6. The zero-order valence-corrected chi connectivity index (χ0v) is 19.7. The summed E-state index contributed by atoms with van der Waals surface area (Å²) >= 11 is 1.71. The zero-order valence-electron chi connectivity index (χ0n) is 18.9. The molecular weight excluding hydrogens is 424 g/mol. The van der Waals surface area contributed by atoms with E-state index >= 15 is 0 Å². The molecule has 32 heavy (non-hydrogen) atoms. The SMILES string of the molecule is CN[C@@H](C)C(=O)N[C@H]1CCS[C@H]2CCC(C3CCc4ccccc4C3)C(C(N)=O)N2C1=O. The number of likely N-dealkylation sites (N-methyl/N-ethyl adjacent to an activating group) is 1. The van der Waals surface area contributed by atoms with Crippen molar-refractivity contribution in [3.8, 4) is 0 Å². The zero-order chi connectivity index (χ0) is 22.8. The molecule has 1 aromatic carbocycles. The minimum atomic E-state index is -0.622. The van der Waals surface area contributed by atoms with Crippen LogP contribution in [-0.2, 0) is 27.2 Å². The van der Waals surface area contributed by atoms with Gasteiger partial charge in [0.2, 0.25) is 17.7 Å². The van der Waals surface area contributed by atoms with Gasteiger partial charge in [0.25, 0.3) is 0 Å². The minimum absolute atomic E-state index is 0.0485. The topological polar surface area (TPSA) is 105 Å². The highest BCUT2D eigenvalue weighted by Crippen LogP contribution is 2.43. The predicted molar refractivity (Wildman–Crippen MR) is 126 cm³/mol. The normalized spacial score (nSPS) is 31.1. The molecule has 1 aliphatic carbocycles. The highest BCUT2D eigenvalue weighted by molar-refractivity contribution is 7.99. The van der Waals surface area contributed by atoms with Crippen LogP contribution in [0.1, 0.15) is 43.7 Å². The number of carbonyl (C=O) groups excluding carboxylic acids is 3. The largest absolute Gasteiger partial charge is 0.368 e. The van der Waals surface area contributed by atoms with E-state index in [0.717, 1.165) is 37.9 Å². The van der Waals surface area contributed by atoms with Gasteiger partial charge in [-0.1, -0.05) is 24.3 Å². The van der Waals surface area contributed by atoms with Crippen molar-refractivity contribution in [2.45, 2.75) is 68.9 Å². The Bertz CT molecular complexity index is 879. The monoisotopic (exact) mass is 458 g/mol. The molecule has 3 unspecified atom stereocenters. The van der Waals surface area contributed by atoms with Crippen LogP contribution in [0.2, 0.25) is 0 Å². The van der Waals surface area contributed by atoms with E-state index in [2.05, 4.69) is 34.9 Å². The number of rotatable bonds is 5. The van der Waals surface area contributed by atoms with E-state index in [1.165, 1.54) is 11.1 Å². The molecule has 0 aromatic heterocycles. The van der Waals surface area contributed by atoms with E-state index in [9.17, 15) is 14.4 Å². The van der Waals surface area contributed by atoms with Crippen LogP contribution in [0.25, 0.3) is 0 Å². The lowest BCUT2D eigenvalue weighted by molar-refractivity contribution is -0.148. The summed E-state index contributed by atoms with van der Waals surface area (Å²) in [5.41, 5.74) is 8.69. The molecule has 4 rings (SSSR count). The van der Waals surface area contributed by atoms with Gasteiger partial charge < -0.3 is 21.3 Å². The van der Waals surface area contributed by atoms with E-state index in [1.807, 2.05) is 0 Å². The van der Waals surface area contributed by atoms with Gasteiger partial charge in [-0.15, -0.1) is 11.8 Å². The third-order valence-electron chi connectivity index (χ3n) is 7.46. The van der Waals surface area contributed by atoms with Gasteiger partial charge in [0, 0.05) is 0 Å². The maximum absolute atomic E-state index is 13.6. The molecular formula is C24H34N4O3S. The molecule has 0 spiro atoms. The number of piperidine rings is 1. The average Bonchev–Trinajstić information content (AvgIpc) is 2.96. The molecule has 2 fully saturated rings. The number of primary amides is 1. The Morgan fingerprint density at radius 2 is 1.91 bits per heavy atom. The molecule has 174 valence electrons. The molecule has 1 aromatic rings. The Hall–Kier alpha value is -2.06. The lowest BCUT2D eigenvalue weighted by Crippen LogP contribution is -2.63. The molecule has 2 saturated heterocycles. The maximum Gasteiger partial charge on any atom is 0.246 e.